The Balaban J connectivity index is 2.35. The molecule has 7 heteroatoms. The zero-order chi connectivity index (χ0) is 16.8. The summed E-state index contributed by atoms with van der Waals surface area (Å²) in [5.74, 6) is -1.21. The van der Waals surface area contributed by atoms with Crippen LogP contribution in [0.4, 0.5) is 0 Å². The molecule has 23 heavy (non-hydrogen) atoms. The molecule has 0 saturated heterocycles. The van der Waals surface area contributed by atoms with Crippen LogP contribution < -0.4 is 9.47 Å². The maximum atomic E-state index is 11.9. The van der Waals surface area contributed by atoms with Crippen LogP contribution >= 0.6 is 0 Å². The summed E-state index contributed by atoms with van der Waals surface area (Å²) < 4.78 is 11.0. The summed E-state index contributed by atoms with van der Waals surface area (Å²) in [4.78, 5) is 11.4. The second kappa shape index (κ2) is 4.72. The van der Waals surface area contributed by atoms with Crippen LogP contribution in [-0.2, 0) is 0 Å². The number of hydrogen-bond acceptors (Lipinski definition) is 6. The molecule has 0 aromatic heterocycles. The minimum Gasteiger partial charge on any atom is -0.493 e. The first-order valence-corrected chi connectivity index (χ1v) is 6.96. The average molecular weight is 311 g/mol. The maximum absolute atomic E-state index is 11.9. The lowest BCUT2D eigenvalue weighted by Gasteiger charge is -2.25. The first-order valence-electron chi connectivity index (χ1n) is 6.96. The van der Waals surface area contributed by atoms with E-state index in [1.165, 1.54) is 13.2 Å². The van der Waals surface area contributed by atoms with E-state index in [2.05, 4.69) is 6.58 Å². The summed E-state index contributed by atoms with van der Waals surface area (Å²) in [5.41, 5.74) is -3.01. The fraction of sp³-hybridized carbons (Fsp3) is 0.375. The van der Waals surface area contributed by atoms with Gasteiger partial charge in [0.1, 0.15) is 5.92 Å². The number of benzene rings is 1. The molecule has 7 nitrogen and oxygen atoms in total. The highest BCUT2D eigenvalue weighted by Gasteiger charge is 2.77. The van der Waals surface area contributed by atoms with Crippen molar-refractivity contribution in [1.29, 1.82) is 10.5 Å². The second-order valence-electron chi connectivity index (χ2n) is 5.66. The predicted octanol–water partition coefficient (Wildman–Crippen LogP) is 2.38. The van der Waals surface area contributed by atoms with Crippen LogP contribution in [-0.4, -0.2) is 17.8 Å². The Morgan fingerprint density at radius 1 is 1.52 bits per heavy atom. The summed E-state index contributed by atoms with van der Waals surface area (Å²) in [6.45, 7) is 3.64. The molecular formula is C16H13N3O4. The fourth-order valence-corrected chi connectivity index (χ4v) is 3.77. The topological polar surface area (TPSA) is 109 Å². The van der Waals surface area contributed by atoms with Crippen LogP contribution in [0.1, 0.15) is 17.9 Å². The van der Waals surface area contributed by atoms with Crippen molar-refractivity contribution in [2.24, 2.45) is 11.3 Å². The van der Waals surface area contributed by atoms with Crippen molar-refractivity contribution in [2.45, 2.75) is 18.1 Å². The van der Waals surface area contributed by atoms with Gasteiger partial charge in [-0.3, -0.25) is 10.1 Å². The standard InChI is InChI=1S/C16H13N3O4/c1-3-10-7-15(8-17,9-18)14-11-5-4-6-12(22-2)13(11)23-16(10,14)19(20)21/h3-6,10,14H,1,7H2,2H3/t10?,14-,16+/m1/s1. The number of nitrogens with zero attached hydrogens (tertiary/aromatic N) is 3. The van der Waals surface area contributed by atoms with E-state index < -0.39 is 27.9 Å². The Hall–Kier alpha value is -3.06. The molecule has 116 valence electrons. The average Bonchev–Trinajstić information content (AvgIpc) is 3.06. The van der Waals surface area contributed by atoms with Crippen molar-refractivity contribution in [1.82, 2.24) is 0 Å². The molecule has 0 bridgehead atoms. The summed E-state index contributed by atoms with van der Waals surface area (Å²) in [6.07, 6.45) is 1.40. The molecule has 1 heterocycles. The van der Waals surface area contributed by atoms with Crippen molar-refractivity contribution < 1.29 is 14.4 Å². The third kappa shape index (κ3) is 1.56. The number of nitriles is 2. The summed E-state index contributed by atoms with van der Waals surface area (Å²) in [5, 5.41) is 31.2. The molecule has 2 aliphatic rings. The molecule has 1 fully saturated rings. The first-order chi connectivity index (χ1) is 11.0. The number of methoxy groups -OCH3 is 1. The molecule has 1 saturated carbocycles. The lowest BCUT2D eigenvalue weighted by molar-refractivity contribution is -0.622. The van der Waals surface area contributed by atoms with Gasteiger partial charge in [-0.15, -0.1) is 6.58 Å². The minimum absolute atomic E-state index is 0.00575. The third-order valence-corrected chi connectivity index (χ3v) is 4.75. The molecule has 3 atom stereocenters. The van der Waals surface area contributed by atoms with Gasteiger partial charge in [0.05, 0.1) is 30.1 Å². The monoisotopic (exact) mass is 311 g/mol. The van der Waals surface area contributed by atoms with E-state index in [-0.39, 0.29) is 12.2 Å². The Bertz CT molecular complexity index is 777. The minimum atomic E-state index is -1.91. The van der Waals surface area contributed by atoms with E-state index in [0.717, 1.165) is 0 Å². The van der Waals surface area contributed by atoms with Crippen LogP contribution in [0.25, 0.3) is 0 Å². The summed E-state index contributed by atoms with van der Waals surface area (Å²) in [6, 6.07) is 8.90. The lowest BCUT2D eigenvalue weighted by atomic mass is 9.75. The van der Waals surface area contributed by atoms with E-state index in [9.17, 15) is 20.6 Å². The molecule has 1 aromatic carbocycles. The molecule has 0 radical (unpaired) electrons. The highest BCUT2D eigenvalue weighted by Crippen LogP contribution is 2.65. The number of rotatable bonds is 3. The van der Waals surface area contributed by atoms with Crippen molar-refractivity contribution in [2.75, 3.05) is 7.11 Å². The van der Waals surface area contributed by atoms with Crippen LogP contribution in [0.5, 0.6) is 11.5 Å². The van der Waals surface area contributed by atoms with Gasteiger partial charge in [-0.25, -0.2) is 0 Å². The lowest BCUT2D eigenvalue weighted by Crippen LogP contribution is -2.49. The first kappa shape index (κ1) is 14.9. The van der Waals surface area contributed by atoms with Gasteiger partial charge >= 0.3 is 5.72 Å². The Labute approximate surface area is 132 Å². The molecule has 1 aliphatic heterocycles. The van der Waals surface area contributed by atoms with Gasteiger partial charge in [0.2, 0.25) is 0 Å². The van der Waals surface area contributed by atoms with Crippen LogP contribution in [0.15, 0.2) is 30.9 Å². The van der Waals surface area contributed by atoms with Gasteiger partial charge < -0.3 is 9.47 Å². The molecule has 1 aromatic rings. The van der Waals surface area contributed by atoms with E-state index >= 15 is 0 Å². The molecule has 0 spiro atoms. The largest absolute Gasteiger partial charge is 0.493 e. The quantitative estimate of drug-likeness (QED) is 0.481. The van der Waals surface area contributed by atoms with Crippen LogP contribution in [0.3, 0.4) is 0 Å². The van der Waals surface area contributed by atoms with Crippen molar-refractivity contribution in [3.63, 3.8) is 0 Å². The summed E-state index contributed by atoms with van der Waals surface area (Å²) >= 11 is 0. The van der Waals surface area contributed by atoms with E-state index in [1.807, 2.05) is 12.1 Å². The molecular weight excluding hydrogens is 298 g/mol. The normalized spacial score (nSPS) is 29.3. The van der Waals surface area contributed by atoms with Gasteiger partial charge in [-0.2, -0.15) is 10.5 Å². The highest BCUT2D eigenvalue weighted by atomic mass is 16.7. The number of nitro groups is 1. The zero-order valence-electron chi connectivity index (χ0n) is 12.4. The Morgan fingerprint density at radius 3 is 2.74 bits per heavy atom. The fourth-order valence-electron chi connectivity index (χ4n) is 3.77. The SMILES string of the molecule is C=CC1CC(C#N)(C#N)[C@H]2c3cccc(OC)c3O[C@@]12[N+](=O)[O-]. The van der Waals surface area contributed by atoms with Crippen molar-refractivity contribution in [3.8, 4) is 23.6 Å². The smallest absolute Gasteiger partial charge is 0.379 e. The Morgan fingerprint density at radius 2 is 2.22 bits per heavy atom. The van der Waals surface area contributed by atoms with Crippen LogP contribution in [0.2, 0.25) is 0 Å². The molecule has 1 unspecified atom stereocenters. The van der Waals surface area contributed by atoms with Crippen molar-refractivity contribution >= 4 is 0 Å². The van der Waals surface area contributed by atoms with Crippen LogP contribution in [0, 0.1) is 44.1 Å². The molecule has 1 aliphatic carbocycles. The van der Waals surface area contributed by atoms with Gasteiger partial charge in [-0.1, -0.05) is 18.2 Å². The number of ether oxygens (including phenoxy) is 2. The van der Waals surface area contributed by atoms with Gasteiger partial charge in [0, 0.05) is 5.56 Å². The second-order valence-corrected chi connectivity index (χ2v) is 5.66. The molecule has 0 amide bonds. The van der Waals surface area contributed by atoms with Gasteiger partial charge in [0.15, 0.2) is 16.9 Å². The zero-order valence-corrected chi connectivity index (χ0v) is 12.4. The van der Waals surface area contributed by atoms with E-state index in [1.54, 1.807) is 18.2 Å². The highest BCUT2D eigenvalue weighted by molar-refractivity contribution is 5.56. The summed E-state index contributed by atoms with van der Waals surface area (Å²) in [7, 11) is 1.43. The molecule has 0 N–H and O–H groups in total. The van der Waals surface area contributed by atoms with Crippen molar-refractivity contribution in [3.05, 3.63) is 46.5 Å². The number of hydrogen-bond donors (Lipinski definition) is 0. The van der Waals surface area contributed by atoms with E-state index in [4.69, 9.17) is 9.47 Å². The third-order valence-electron chi connectivity index (χ3n) is 4.75. The molecule has 3 rings (SSSR count). The van der Waals surface area contributed by atoms with Gasteiger partial charge in [0.25, 0.3) is 0 Å². The van der Waals surface area contributed by atoms with E-state index in [0.29, 0.717) is 11.3 Å². The van der Waals surface area contributed by atoms with Gasteiger partial charge in [-0.05, 0) is 12.5 Å². The Kier molecular flexibility index (Phi) is 3.05. The predicted molar refractivity (Wildman–Crippen MR) is 78.1 cm³/mol. The number of fused-ring (bicyclic) bond motifs is 3. The number of para-hydroxylation sites is 1. The maximum Gasteiger partial charge on any atom is 0.379 e.